The highest BCUT2D eigenvalue weighted by molar-refractivity contribution is 7.92. The molecule has 2 rings (SSSR count). The highest BCUT2D eigenvalue weighted by Gasteiger charge is 2.22. The zero-order chi connectivity index (χ0) is 14.6. The van der Waals surface area contributed by atoms with Crippen molar-refractivity contribution < 1.29 is 17.9 Å². The number of ether oxygens (including phenoxy) is 1. The van der Waals surface area contributed by atoms with Gasteiger partial charge in [0.2, 0.25) is 15.9 Å². The van der Waals surface area contributed by atoms with E-state index in [-0.39, 0.29) is 5.91 Å². The number of para-hydroxylation sites is 2. The maximum Gasteiger partial charge on any atom is 0.243 e. The molecule has 0 aromatic heterocycles. The molecule has 1 saturated heterocycles. The third-order valence-corrected chi connectivity index (χ3v) is 3.31. The molecule has 1 aliphatic rings. The number of carbonyl (C=O) groups excluding carboxylic acids is 1. The first kappa shape index (κ1) is 14.8. The van der Waals surface area contributed by atoms with E-state index in [1.807, 2.05) is 0 Å². The van der Waals surface area contributed by atoms with Gasteiger partial charge in [-0.1, -0.05) is 12.1 Å². The van der Waals surface area contributed by atoms with E-state index in [9.17, 15) is 13.2 Å². The summed E-state index contributed by atoms with van der Waals surface area (Å²) >= 11 is 0. The predicted molar refractivity (Wildman–Crippen MR) is 76.1 cm³/mol. The molecule has 1 aromatic carbocycles. The van der Waals surface area contributed by atoms with Crippen LogP contribution in [0, 0.1) is 0 Å². The van der Waals surface area contributed by atoms with E-state index in [1.165, 1.54) is 0 Å². The lowest BCUT2D eigenvalue weighted by Gasteiger charge is -2.23. The molecule has 1 aliphatic heterocycles. The van der Waals surface area contributed by atoms with Crippen LogP contribution in [-0.2, 0) is 19.6 Å². The van der Waals surface area contributed by atoms with Crippen LogP contribution in [0.3, 0.4) is 0 Å². The van der Waals surface area contributed by atoms with Crippen molar-refractivity contribution in [2.45, 2.75) is 6.04 Å². The van der Waals surface area contributed by atoms with Gasteiger partial charge >= 0.3 is 0 Å². The number of anilines is 2. The van der Waals surface area contributed by atoms with Crippen LogP contribution in [0.15, 0.2) is 24.3 Å². The SMILES string of the molecule is CS(=O)(=O)Nc1ccccc1NC(=O)C1COCCN1. The molecule has 0 aliphatic carbocycles. The van der Waals surface area contributed by atoms with Crippen molar-refractivity contribution in [2.75, 3.05) is 36.1 Å². The number of amides is 1. The second-order valence-electron chi connectivity index (χ2n) is 4.49. The summed E-state index contributed by atoms with van der Waals surface area (Å²) in [6.07, 6.45) is 1.06. The van der Waals surface area contributed by atoms with Gasteiger partial charge in [-0.25, -0.2) is 8.42 Å². The number of benzene rings is 1. The van der Waals surface area contributed by atoms with Crippen LogP contribution in [0.2, 0.25) is 0 Å². The highest BCUT2D eigenvalue weighted by Crippen LogP contribution is 2.22. The number of hydrogen-bond donors (Lipinski definition) is 3. The van der Waals surface area contributed by atoms with Crippen LogP contribution in [0.4, 0.5) is 11.4 Å². The lowest BCUT2D eigenvalue weighted by molar-refractivity contribution is -0.120. The molecule has 1 heterocycles. The van der Waals surface area contributed by atoms with E-state index in [2.05, 4.69) is 15.4 Å². The van der Waals surface area contributed by atoms with Crippen LogP contribution in [0.25, 0.3) is 0 Å². The summed E-state index contributed by atoms with van der Waals surface area (Å²) in [5, 5.41) is 5.73. The summed E-state index contributed by atoms with van der Waals surface area (Å²) < 4.78 is 30.1. The Morgan fingerprint density at radius 2 is 2.05 bits per heavy atom. The molecule has 3 N–H and O–H groups in total. The Hall–Kier alpha value is -1.64. The molecule has 1 unspecified atom stereocenters. The van der Waals surface area contributed by atoms with E-state index in [0.29, 0.717) is 31.1 Å². The van der Waals surface area contributed by atoms with E-state index in [1.54, 1.807) is 24.3 Å². The van der Waals surface area contributed by atoms with Crippen LogP contribution in [0.5, 0.6) is 0 Å². The minimum Gasteiger partial charge on any atom is -0.378 e. The second-order valence-corrected chi connectivity index (χ2v) is 6.24. The Bertz CT molecular complexity index is 582. The summed E-state index contributed by atoms with van der Waals surface area (Å²) in [4.78, 5) is 12.1. The number of sulfonamides is 1. The lowest BCUT2D eigenvalue weighted by atomic mass is 10.2. The average molecular weight is 299 g/mol. The van der Waals surface area contributed by atoms with Crippen molar-refractivity contribution in [3.05, 3.63) is 24.3 Å². The second kappa shape index (κ2) is 6.21. The van der Waals surface area contributed by atoms with E-state index in [4.69, 9.17) is 4.74 Å². The minimum atomic E-state index is -3.40. The van der Waals surface area contributed by atoms with Gasteiger partial charge in [-0.05, 0) is 12.1 Å². The van der Waals surface area contributed by atoms with Gasteiger partial charge in [-0.15, -0.1) is 0 Å². The van der Waals surface area contributed by atoms with Gasteiger partial charge in [0.25, 0.3) is 0 Å². The van der Waals surface area contributed by atoms with Gasteiger partial charge in [-0.3, -0.25) is 9.52 Å². The zero-order valence-electron chi connectivity index (χ0n) is 11.0. The molecule has 110 valence electrons. The molecule has 0 bridgehead atoms. The van der Waals surface area contributed by atoms with Crippen LogP contribution in [0.1, 0.15) is 0 Å². The van der Waals surface area contributed by atoms with Gasteiger partial charge in [0.1, 0.15) is 6.04 Å². The zero-order valence-corrected chi connectivity index (χ0v) is 11.9. The Morgan fingerprint density at radius 3 is 2.65 bits per heavy atom. The normalized spacial score (nSPS) is 19.4. The smallest absolute Gasteiger partial charge is 0.243 e. The number of rotatable bonds is 4. The van der Waals surface area contributed by atoms with Crippen molar-refractivity contribution in [3.8, 4) is 0 Å². The molecule has 0 saturated carbocycles. The molecule has 1 amide bonds. The summed E-state index contributed by atoms with van der Waals surface area (Å²) in [5.41, 5.74) is 0.746. The summed E-state index contributed by atoms with van der Waals surface area (Å²) in [6, 6.07) is 6.19. The number of hydrogen-bond acceptors (Lipinski definition) is 5. The Balaban J connectivity index is 2.10. The van der Waals surface area contributed by atoms with Crippen molar-refractivity contribution in [1.82, 2.24) is 5.32 Å². The number of morpholine rings is 1. The molecular formula is C12H17N3O4S. The highest BCUT2D eigenvalue weighted by atomic mass is 32.2. The van der Waals surface area contributed by atoms with Crippen molar-refractivity contribution in [3.63, 3.8) is 0 Å². The van der Waals surface area contributed by atoms with Crippen LogP contribution >= 0.6 is 0 Å². The van der Waals surface area contributed by atoms with Gasteiger partial charge < -0.3 is 15.4 Å². The number of carbonyl (C=O) groups is 1. The minimum absolute atomic E-state index is 0.257. The van der Waals surface area contributed by atoms with E-state index in [0.717, 1.165) is 6.26 Å². The van der Waals surface area contributed by atoms with Crippen molar-refractivity contribution in [2.24, 2.45) is 0 Å². The van der Waals surface area contributed by atoms with E-state index >= 15 is 0 Å². The first-order valence-electron chi connectivity index (χ1n) is 6.14. The fourth-order valence-electron chi connectivity index (χ4n) is 1.83. The molecule has 1 atom stereocenters. The summed E-state index contributed by atoms with van der Waals surface area (Å²) in [6.45, 7) is 1.49. The van der Waals surface area contributed by atoms with Gasteiger partial charge in [0.15, 0.2) is 0 Å². The van der Waals surface area contributed by atoms with E-state index < -0.39 is 16.1 Å². The lowest BCUT2D eigenvalue weighted by Crippen LogP contribution is -2.48. The maximum atomic E-state index is 12.1. The standard InChI is InChI=1S/C12H17N3O4S/c1-20(17,18)15-10-5-3-2-4-9(10)14-12(16)11-8-19-7-6-13-11/h2-5,11,13,15H,6-8H2,1H3,(H,14,16). The maximum absolute atomic E-state index is 12.1. The molecule has 1 fully saturated rings. The number of nitrogens with one attached hydrogen (secondary N) is 3. The molecule has 8 heteroatoms. The monoisotopic (exact) mass is 299 g/mol. The first-order chi connectivity index (χ1) is 9.46. The molecule has 0 spiro atoms. The van der Waals surface area contributed by atoms with Crippen molar-refractivity contribution >= 4 is 27.3 Å². The molecule has 7 nitrogen and oxygen atoms in total. The topological polar surface area (TPSA) is 96.5 Å². The first-order valence-corrected chi connectivity index (χ1v) is 8.04. The molecular weight excluding hydrogens is 282 g/mol. The van der Waals surface area contributed by atoms with Gasteiger partial charge in [0, 0.05) is 6.54 Å². The van der Waals surface area contributed by atoms with Gasteiger partial charge in [0.05, 0.1) is 30.8 Å². The Morgan fingerprint density at radius 1 is 1.35 bits per heavy atom. The molecule has 0 radical (unpaired) electrons. The average Bonchev–Trinajstić information content (AvgIpc) is 2.40. The quantitative estimate of drug-likeness (QED) is 0.726. The fraction of sp³-hybridized carbons (Fsp3) is 0.417. The Kier molecular flexibility index (Phi) is 4.58. The summed E-state index contributed by atoms with van der Waals surface area (Å²) in [5.74, 6) is -0.257. The van der Waals surface area contributed by atoms with Crippen LogP contribution in [-0.4, -0.2) is 46.4 Å². The van der Waals surface area contributed by atoms with Gasteiger partial charge in [-0.2, -0.15) is 0 Å². The van der Waals surface area contributed by atoms with Crippen molar-refractivity contribution in [1.29, 1.82) is 0 Å². The summed E-state index contributed by atoms with van der Waals surface area (Å²) in [7, 11) is -3.40. The third-order valence-electron chi connectivity index (χ3n) is 2.72. The molecule has 20 heavy (non-hydrogen) atoms. The largest absolute Gasteiger partial charge is 0.378 e. The molecule has 1 aromatic rings. The fourth-order valence-corrected chi connectivity index (χ4v) is 2.41. The Labute approximate surface area is 117 Å². The predicted octanol–water partition coefficient (Wildman–Crippen LogP) is -0.0150. The van der Waals surface area contributed by atoms with Crippen LogP contribution < -0.4 is 15.4 Å². The third kappa shape index (κ3) is 4.19.